The largest absolute Gasteiger partial charge is 0.466 e. The normalized spacial score (nSPS) is 17.6. The number of likely N-dealkylation sites (N-methyl/N-ethyl adjacent to an activating group) is 1. The first-order valence-corrected chi connectivity index (χ1v) is 12.1. The Morgan fingerprint density at radius 2 is 1.77 bits per heavy atom. The first kappa shape index (κ1) is 26.7. The van der Waals surface area contributed by atoms with Crippen LogP contribution in [0.2, 0.25) is 0 Å². The van der Waals surface area contributed by atoms with Crippen molar-refractivity contribution in [1.82, 2.24) is 9.80 Å². The first-order chi connectivity index (χ1) is 16.7. The highest BCUT2D eigenvalue weighted by molar-refractivity contribution is 5.79. The van der Waals surface area contributed by atoms with Crippen LogP contribution in [-0.2, 0) is 26.9 Å². The number of hydrogen-bond donors (Lipinski definition) is 0. The van der Waals surface area contributed by atoms with Crippen LogP contribution in [-0.4, -0.2) is 54.5 Å². The maximum Gasteiger partial charge on any atom is 0.416 e. The van der Waals surface area contributed by atoms with Gasteiger partial charge in [0.05, 0.1) is 31.1 Å². The van der Waals surface area contributed by atoms with Gasteiger partial charge in [-0.25, -0.2) is 0 Å². The Labute approximate surface area is 204 Å². The maximum absolute atomic E-state index is 13.2. The topological polar surface area (TPSA) is 49.9 Å². The lowest BCUT2D eigenvalue weighted by Crippen LogP contribution is -2.46. The van der Waals surface area contributed by atoms with E-state index >= 15 is 0 Å². The third-order valence-corrected chi connectivity index (χ3v) is 6.55. The zero-order valence-electron chi connectivity index (χ0n) is 20.3. The average Bonchev–Trinajstić information content (AvgIpc) is 2.83. The summed E-state index contributed by atoms with van der Waals surface area (Å²) in [5, 5.41) is 0. The lowest BCUT2D eigenvalue weighted by Gasteiger charge is -2.40. The number of carbonyl (C=O) groups is 2. The van der Waals surface area contributed by atoms with Gasteiger partial charge in [0.2, 0.25) is 5.91 Å². The zero-order chi connectivity index (χ0) is 25.4. The Morgan fingerprint density at radius 3 is 2.40 bits per heavy atom. The van der Waals surface area contributed by atoms with Crippen molar-refractivity contribution in [2.45, 2.75) is 57.3 Å². The number of benzene rings is 2. The molecule has 1 aliphatic rings. The van der Waals surface area contributed by atoms with Gasteiger partial charge in [0.1, 0.15) is 0 Å². The molecule has 1 heterocycles. The number of piperidine rings is 1. The molecule has 1 saturated heterocycles. The van der Waals surface area contributed by atoms with Gasteiger partial charge in [0.25, 0.3) is 0 Å². The molecule has 35 heavy (non-hydrogen) atoms. The first-order valence-electron chi connectivity index (χ1n) is 12.1. The molecule has 0 aromatic heterocycles. The van der Waals surface area contributed by atoms with Gasteiger partial charge in [0, 0.05) is 19.6 Å². The van der Waals surface area contributed by atoms with E-state index in [0.717, 1.165) is 43.5 Å². The molecule has 2 aromatic carbocycles. The SMILES string of the molecule is CCOC(=O)CC1CCCCN1C[C@H](c1ccccc1)N(C)C(=O)Cc1ccc(C(F)(F)F)cc1. The van der Waals surface area contributed by atoms with Crippen LogP contribution in [0.4, 0.5) is 13.2 Å². The molecule has 0 radical (unpaired) electrons. The molecule has 1 fully saturated rings. The average molecular weight is 491 g/mol. The zero-order valence-corrected chi connectivity index (χ0v) is 20.3. The highest BCUT2D eigenvalue weighted by Crippen LogP contribution is 2.30. The van der Waals surface area contributed by atoms with Crippen LogP contribution in [0.5, 0.6) is 0 Å². The van der Waals surface area contributed by atoms with Crippen LogP contribution >= 0.6 is 0 Å². The number of amides is 1. The third-order valence-electron chi connectivity index (χ3n) is 6.55. The number of carbonyl (C=O) groups excluding carboxylic acids is 2. The summed E-state index contributed by atoms with van der Waals surface area (Å²) < 4.78 is 43.8. The highest BCUT2D eigenvalue weighted by Gasteiger charge is 2.32. The molecule has 0 aliphatic carbocycles. The lowest BCUT2D eigenvalue weighted by atomic mass is 9.96. The molecule has 0 N–H and O–H groups in total. The van der Waals surface area contributed by atoms with E-state index in [0.29, 0.717) is 25.1 Å². The number of alkyl halides is 3. The van der Waals surface area contributed by atoms with E-state index in [2.05, 4.69) is 4.90 Å². The van der Waals surface area contributed by atoms with Crippen LogP contribution in [0.1, 0.15) is 55.3 Å². The van der Waals surface area contributed by atoms with Crippen molar-refractivity contribution in [3.63, 3.8) is 0 Å². The van der Waals surface area contributed by atoms with Gasteiger partial charge >= 0.3 is 12.1 Å². The number of rotatable bonds is 9. The number of ether oxygens (including phenoxy) is 1. The fourth-order valence-corrected chi connectivity index (χ4v) is 4.58. The standard InChI is InChI=1S/C27H33F3N2O3/c1-3-35-26(34)18-23-11-7-8-16-32(23)19-24(21-9-5-4-6-10-21)31(2)25(33)17-20-12-14-22(15-13-20)27(28,29)30/h4-6,9-10,12-15,23-24H,3,7-8,11,16-19H2,1-2H3/t23?,24-/m1/s1. The van der Waals surface area contributed by atoms with Gasteiger partial charge in [-0.3, -0.25) is 14.5 Å². The summed E-state index contributed by atoms with van der Waals surface area (Å²) in [5.74, 6) is -0.398. The summed E-state index contributed by atoms with van der Waals surface area (Å²) in [6.07, 6.45) is -1.14. The summed E-state index contributed by atoms with van der Waals surface area (Å²) >= 11 is 0. The van der Waals surface area contributed by atoms with Crippen molar-refractivity contribution in [1.29, 1.82) is 0 Å². The molecule has 8 heteroatoms. The summed E-state index contributed by atoms with van der Waals surface area (Å²) in [6, 6.07) is 14.2. The van der Waals surface area contributed by atoms with Gasteiger partial charge in [-0.2, -0.15) is 13.2 Å². The summed E-state index contributed by atoms with van der Waals surface area (Å²) in [6.45, 7) is 3.52. The van der Waals surface area contributed by atoms with E-state index in [1.165, 1.54) is 12.1 Å². The lowest BCUT2D eigenvalue weighted by molar-refractivity contribution is -0.145. The Hall–Kier alpha value is -2.87. The molecule has 5 nitrogen and oxygen atoms in total. The van der Waals surface area contributed by atoms with E-state index in [4.69, 9.17) is 4.74 Å². The molecule has 1 unspecified atom stereocenters. The summed E-state index contributed by atoms with van der Waals surface area (Å²) in [5.41, 5.74) is 0.762. The maximum atomic E-state index is 13.2. The van der Waals surface area contributed by atoms with Gasteiger partial charge in [-0.15, -0.1) is 0 Å². The number of hydrogen-bond acceptors (Lipinski definition) is 4. The minimum Gasteiger partial charge on any atom is -0.466 e. The van der Waals surface area contributed by atoms with E-state index in [1.807, 2.05) is 30.3 Å². The van der Waals surface area contributed by atoms with E-state index < -0.39 is 11.7 Å². The second-order valence-electron chi connectivity index (χ2n) is 8.96. The van der Waals surface area contributed by atoms with Crippen molar-refractivity contribution in [2.24, 2.45) is 0 Å². The minimum absolute atomic E-state index is 0.00419. The molecular formula is C27H33F3N2O3. The fourth-order valence-electron chi connectivity index (χ4n) is 4.58. The number of likely N-dealkylation sites (tertiary alicyclic amines) is 1. The Balaban J connectivity index is 1.76. The van der Waals surface area contributed by atoms with Crippen molar-refractivity contribution in [3.05, 3.63) is 71.3 Å². The third kappa shape index (κ3) is 7.56. The number of esters is 1. The fraction of sp³-hybridized carbons (Fsp3) is 0.481. The molecule has 1 amide bonds. The summed E-state index contributed by atoms with van der Waals surface area (Å²) in [4.78, 5) is 29.3. The summed E-state index contributed by atoms with van der Waals surface area (Å²) in [7, 11) is 1.73. The smallest absolute Gasteiger partial charge is 0.416 e. The number of halogens is 3. The quantitative estimate of drug-likeness (QED) is 0.450. The van der Waals surface area contributed by atoms with Gasteiger partial charge < -0.3 is 9.64 Å². The molecule has 2 aromatic rings. The van der Waals surface area contributed by atoms with E-state index in [1.54, 1.807) is 18.9 Å². The monoisotopic (exact) mass is 490 g/mol. The Morgan fingerprint density at radius 1 is 1.09 bits per heavy atom. The van der Waals surface area contributed by atoms with E-state index in [9.17, 15) is 22.8 Å². The minimum atomic E-state index is -4.41. The van der Waals surface area contributed by atoms with Crippen LogP contribution < -0.4 is 0 Å². The van der Waals surface area contributed by atoms with Crippen molar-refractivity contribution >= 4 is 11.9 Å². The molecule has 3 rings (SSSR count). The van der Waals surface area contributed by atoms with Gasteiger partial charge in [0.15, 0.2) is 0 Å². The molecule has 1 aliphatic heterocycles. The molecule has 0 bridgehead atoms. The van der Waals surface area contributed by atoms with Crippen LogP contribution in [0.3, 0.4) is 0 Å². The van der Waals surface area contributed by atoms with Crippen molar-refractivity contribution in [3.8, 4) is 0 Å². The second kappa shape index (κ2) is 12.2. The molecule has 0 saturated carbocycles. The predicted molar refractivity (Wildman–Crippen MR) is 128 cm³/mol. The van der Waals surface area contributed by atoms with Gasteiger partial charge in [-0.1, -0.05) is 48.9 Å². The van der Waals surface area contributed by atoms with Crippen LogP contribution in [0.15, 0.2) is 54.6 Å². The predicted octanol–water partition coefficient (Wildman–Crippen LogP) is 5.26. The Kier molecular flexibility index (Phi) is 9.32. The van der Waals surface area contributed by atoms with E-state index in [-0.39, 0.29) is 30.4 Å². The van der Waals surface area contributed by atoms with Crippen molar-refractivity contribution in [2.75, 3.05) is 26.7 Å². The molecule has 190 valence electrons. The number of nitrogens with zero attached hydrogens (tertiary/aromatic N) is 2. The second-order valence-corrected chi connectivity index (χ2v) is 8.96. The molecule has 2 atom stereocenters. The molecule has 0 spiro atoms. The van der Waals surface area contributed by atoms with Crippen LogP contribution in [0.25, 0.3) is 0 Å². The van der Waals surface area contributed by atoms with Crippen LogP contribution in [0, 0.1) is 0 Å². The highest BCUT2D eigenvalue weighted by atomic mass is 19.4. The Bertz CT molecular complexity index is 964. The van der Waals surface area contributed by atoms with Crippen molar-refractivity contribution < 1.29 is 27.5 Å². The van der Waals surface area contributed by atoms with Gasteiger partial charge in [-0.05, 0) is 49.6 Å². The molecular weight excluding hydrogens is 457 g/mol.